The van der Waals surface area contributed by atoms with E-state index in [9.17, 15) is 4.79 Å². The molecule has 0 aliphatic carbocycles. The lowest BCUT2D eigenvalue weighted by Crippen LogP contribution is -2.39. The second-order valence-corrected chi connectivity index (χ2v) is 6.85. The van der Waals surface area contributed by atoms with E-state index < -0.39 is 0 Å². The van der Waals surface area contributed by atoms with E-state index >= 15 is 0 Å². The van der Waals surface area contributed by atoms with Gasteiger partial charge >= 0.3 is 0 Å². The third-order valence-electron chi connectivity index (χ3n) is 4.00. The van der Waals surface area contributed by atoms with Crippen LogP contribution < -0.4 is 4.74 Å². The Morgan fingerprint density at radius 1 is 1.48 bits per heavy atom. The lowest BCUT2D eigenvalue weighted by molar-refractivity contribution is 0.0695. The Morgan fingerprint density at radius 3 is 2.92 bits per heavy atom. The van der Waals surface area contributed by atoms with Crippen molar-refractivity contribution < 1.29 is 14.1 Å². The van der Waals surface area contributed by atoms with Crippen LogP contribution in [0, 0.1) is 6.92 Å². The zero-order valence-corrected chi connectivity index (χ0v) is 15.3. The molecule has 1 fully saturated rings. The van der Waals surface area contributed by atoms with Crippen molar-refractivity contribution in [3.8, 4) is 5.88 Å². The molecule has 0 aromatic carbocycles. The number of aromatic nitrogens is 3. The largest absolute Gasteiger partial charge is 0.474 e. The third-order valence-corrected chi connectivity index (χ3v) is 4.27. The van der Waals surface area contributed by atoms with Crippen molar-refractivity contribution in [3.05, 3.63) is 34.6 Å². The fraction of sp³-hybridized carbons (Fsp3) is 0.529. The van der Waals surface area contributed by atoms with E-state index in [-0.39, 0.29) is 17.9 Å². The lowest BCUT2D eigenvalue weighted by atomic mass is 9.97. The van der Waals surface area contributed by atoms with Gasteiger partial charge in [-0.3, -0.25) is 4.79 Å². The van der Waals surface area contributed by atoms with E-state index in [2.05, 4.69) is 15.1 Å². The van der Waals surface area contributed by atoms with Crippen molar-refractivity contribution in [2.45, 2.75) is 45.6 Å². The Morgan fingerprint density at radius 2 is 2.28 bits per heavy atom. The van der Waals surface area contributed by atoms with Gasteiger partial charge in [0.05, 0.1) is 17.6 Å². The topological polar surface area (TPSA) is 81.4 Å². The average Bonchev–Trinajstić information content (AvgIpc) is 3.02. The SMILES string of the molecule is Cc1noc(C2CCCN(C(=O)c3cnc(OC(C)C)c(Cl)c3)C2)n1. The summed E-state index contributed by atoms with van der Waals surface area (Å²) in [5, 5.41) is 4.17. The molecule has 3 heterocycles. The van der Waals surface area contributed by atoms with E-state index in [0.717, 1.165) is 12.8 Å². The summed E-state index contributed by atoms with van der Waals surface area (Å²) in [6.07, 6.45) is 3.28. The molecule has 1 saturated heterocycles. The highest BCUT2D eigenvalue weighted by Crippen LogP contribution is 2.28. The molecule has 0 radical (unpaired) electrons. The predicted molar refractivity (Wildman–Crippen MR) is 91.9 cm³/mol. The Labute approximate surface area is 151 Å². The van der Waals surface area contributed by atoms with Gasteiger partial charge in [-0.1, -0.05) is 16.8 Å². The fourth-order valence-corrected chi connectivity index (χ4v) is 3.09. The molecule has 0 spiro atoms. The Hall–Kier alpha value is -2.15. The van der Waals surface area contributed by atoms with Gasteiger partial charge in [-0.2, -0.15) is 4.98 Å². The van der Waals surface area contributed by atoms with Gasteiger partial charge in [0.25, 0.3) is 5.91 Å². The molecule has 0 bridgehead atoms. The van der Waals surface area contributed by atoms with Gasteiger partial charge in [0.1, 0.15) is 5.02 Å². The summed E-state index contributed by atoms with van der Waals surface area (Å²) in [7, 11) is 0. The van der Waals surface area contributed by atoms with Crippen LogP contribution in [0.3, 0.4) is 0 Å². The first kappa shape index (κ1) is 17.7. The number of aryl methyl sites for hydroxylation is 1. The summed E-state index contributed by atoms with van der Waals surface area (Å²) in [6.45, 7) is 6.80. The molecule has 7 nitrogen and oxygen atoms in total. The highest BCUT2D eigenvalue weighted by atomic mass is 35.5. The van der Waals surface area contributed by atoms with Crippen molar-refractivity contribution in [1.29, 1.82) is 0 Å². The number of nitrogens with zero attached hydrogens (tertiary/aromatic N) is 4. The number of carbonyl (C=O) groups is 1. The summed E-state index contributed by atoms with van der Waals surface area (Å²) in [6, 6.07) is 1.61. The minimum Gasteiger partial charge on any atom is -0.474 e. The van der Waals surface area contributed by atoms with E-state index in [0.29, 0.717) is 41.3 Å². The van der Waals surface area contributed by atoms with Gasteiger partial charge in [0, 0.05) is 19.3 Å². The average molecular weight is 365 g/mol. The summed E-state index contributed by atoms with van der Waals surface area (Å²) in [5.74, 6) is 1.49. The lowest BCUT2D eigenvalue weighted by Gasteiger charge is -2.31. The van der Waals surface area contributed by atoms with Crippen LogP contribution in [0.5, 0.6) is 5.88 Å². The van der Waals surface area contributed by atoms with Crippen LogP contribution in [0.15, 0.2) is 16.8 Å². The van der Waals surface area contributed by atoms with Gasteiger partial charge in [0.2, 0.25) is 11.8 Å². The number of ether oxygens (including phenoxy) is 1. The number of likely N-dealkylation sites (tertiary alicyclic amines) is 1. The van der Waals surface area contributed by atoms with Crippen molar-refractivity contribution >= 4 is 17.5 Å². The molecule has 0 N–H and O–H groups in total. The van der Waals surface area contributed by atoms with E-state index in [1.165, 1.54) is 6.20 Å². The molecule has 2 aromatic heterocycles. The van der Waals surface area contributed by atoms with E-state index in [1.54, 1.807) is 17.9 Å². The minimum atomic E-state index is -0.105. The number of pyridine rings is 1. The molecule has 1 aliphatic rings. The molecule has 25 heavy (non-hydrogen) atoms. The Kier molecular flexibility index (Phi) is 5.22. The summed E-state index contributed by atoms with van der Waals surface area (Å²) in [5.41, 5.74) is 0.448. The van der Waals surface area contributed by atoms with Crippen LogP contribution in [0.25, 0.3) is 0 Å². The normalized spacial score (nSPS) is 17.8. The molecule has 134 valence electrons. The van der Waals surface area contributed by atoms with Crippen molar-refractivity contribution in [2.24, 2.45) is 0 Å². The predicted octanol–water partition coefficient (Wildman–Crippen LogP) is 3.23. The molecule has 0 saturated carbocycles. The Balaban J connectivity index is 1.72. The molecule has 1 atom stereocenters. The van der Waals surface area contributed by atoms with Crippen LogP contribution in [-0.2, 0) is 0 Å². The smallest absolute Gasteiger partial charge is 0.255 e. The van der Waals surface area contributed by atoms with Gasteiger partial charge in [-0.05, 0) is 39.7 Å². The number of rotatable bonds is 4. The standard InChI is InChI=1S/C17H21ClN4O3/c1-10(2)24-16-14(18)7-13(8-19-16)17(23)22-6-4-5-12(9-22)15-20-11(3)21-25-15/h7-8,10,12H,4-6,9H2,1-3H3. The maximum absolute atomic E-state index is 12.8. The number of hydrogen-bond acceptors (Lipinski definition) is 6. The number of halogens is 1. The molecular weight excluding hydrogens is 344 g/mol. The summed E-state index contributed by atoms with van der Waals surface area (Å²) < 4.78 is 10.8. The van der Waals surface area contributed by atoms with Crippen LogP contribution in [0.1, 0.15) is 54.7 Å². The number of piperidine rings is 1. The first-order chi connectivity index (χ1) is 11.9. The molecule has 3 rings (SSSR count). The quantitative estimate of drug-likeness (QED) is 0.828. The highest BCUT2D eigenvalue weighted by molar-refractivity contribution is 6.32. The maximum atomic E-state index is 12.8. The molecule has 2 aromatic rings. The van der Waals surface area contributed by atoms with Crippen molar-refractivity contribution in [2.75, 3.05) is 13.1 Å². The third kappa shape index (κ3) is 4.10. The molecule has 1 aliphatic heterocycles. The van der Waals surface area contributed by atoms with Crippen LogP contribution in [0.2, 0.25) is 5.02 Å². The molecular formula is C17H21ClN4O3. The monoisotopic (exact) mass is 364 g/mol. The molecule has 1 unspecified atom stereocenters. The first-order valence-electron chi connectivity index (χ1n) is 8.35. The fourth-order valence-electron chi connectivity index (χ4n) is 2.88. The van der Waals surface area contributed by atoms with Crippen LogP contribution in [-0.4, -0.2) is 45.1 Å². The van der Waals surface area contributed by atoms with Gasteiger partial charge in [-0.15, -0.1) is 0 Å². The zero-order chi connectivity index (χ0) is 18.0. The second kappa shape index (κ2) is 7.39. The highest BCUT2D eigenvalue weighted by Gasteiger charge is 2.29. The summed E-state index contributed by atoms with van der Waals surface area (Å²) in [4.78, 5) is 23.0. The molecule has 8 heteroatoms. The molecule has 1 amide bonds. The number of amides is 1. The zero-order valence-electron chi connectivity index (χ0n) is 14.5. The maximum Gasteiger partial charge on any atom is 0.255 e. The van der Waals surface area contributed by atoms with Crippen LogP contribution >= 0.6 is 11.6 Å². The summed E-state index contributed by atoms with van der Waals surface area (Å²) >= 11 is 6.19. The van der Waals surface area contributed by atoms with Crippen molar-refractivity contribution in [3.63, 3.8) is 0 Å². The number of hydrogen-bond donors (Lipinski definition) is 0. The van der Waals surface area contributed by atoms with E-state index in [4.69, 9.17) is 20.9 Å². The van der Waals surface area contributed by atoms with Crippen molar-refractivity contribution in [1.82, 2.24) is 20.0 Å². The van der Waals surface area contributed by atoms with E-state index in [1.807, 2.05) is 13.8 Å². The van der Waals surface area contributed by atoms with Gasteiger partial charge < -0.3 is 14.2 Å². The van der Waals surface area contributed by atoms with Gasteiger partial charge in [0.15, 0.2) is 5.82 Å². The number of carbonyl (C=O) groups excluding carboxylic acids is 1. The first-order valence-corrected chi connectivity index (χ1v) is 8.73. The minimum absolute atomic E-state index is 0.0349. The van der Waals surface area contributed by atoms with Gasteiger partial charge in [-0.25, -0.2) is 4.98 Å². The Bertz CT molecular complexity index is 762. The van der Waals surface area contributed by atoms with Crippen LogP contribution in [0.4, 0.5) is 0 Å². The second-order valence-electron chi connectivity index (χ2n) is 6.45.